The number of likely N-dealkylation sites (tertiary alicyclic amines) is 1. The molecular formula is C21H20N4O3S. The standard InChI is InChI=1S/C21H20N4O3S/c1-13-5-6-16-20(14(13)2)23-21(29-16)25(11-15-4-3-9-22-10-15)19(28)12-24-17(26)7-8-18(24)27/h3-6,9-10H,7-8,11-12H2,1-2H3. The van der Waals surface area contributed by atoms with E-state index < -0.39 is 0 Å². The SMILES string of the molecule is Cc1ccc2sc(N(Cc3cccnc3)C(=O)CN3C(=O)CCC3=O)nc2c1C. The van der Waals surface area contributed by atoms with Gasteiger partial charge in [-0.2, -0.15) is 0 Å². The molecular weight excluding hydrogens is 388 g/mol. The Kier molecular flexibility index (Phi) is 5.10. The monoisotopic (exact) mass is 408 g/mol. The van der Waals surface area contributed by atoms with Gasteiger partial charge in [0.25, 0.3) is 0 Å². The van der Waals surface area contributed by atoms with E-state index in [1.165, 1.54) is 16.2 Å². The van der Waals surface area contributed by atoms with Gasteiger partial charge in [-0.25, -0.2) is 4.98 Å². The second-order valence-electron chi connectivity index (χ2n) is 7.07. The highest BCUT2D eigenvalue weighted by molar-refractivity contribution is 7.22. The van der Waals surface area contributed by atoms with Gasteiger partial charge in [-0.3, -0.25) is 29.2 Å². The molecule has 0 unspecified atom stereocenters. The Morgan fingerprint density at radius 2 is 1.93 bits per heavy atom. The molecule has 1 aromatic carbocycles. The third-order valence-corrected chi connectivity index (χ3v) is 6.16. The van der Waals surface area contributed by atoms with E-state index in [-0.39, 0.29) is 43.7 Å². The Bertz CT molecular complexity index is 1090. The summed E-state index contributed by atoms with van der Waals surface area (Å²) < 4.78 is 0.986. The number of aromatic nitrogens is 2. The van der Waals surface area contributed by atoms with Crippen LogP contribution in [0.15, 0.2) is 36.7 Å². The van der Waals surface area contributed by atoms with Crippen LogP contribution in [0.1, 0.15) is 29.5 Å². The number of hydrogen-bond donors (Lipinski definition) is 0. The Hall–Kier alpha value is -3.13. The summed E-state index contributed by atoms with van der Waals surface area (Å²) in [5.74, 6) is -0.952. The molecule has 3 aromatic rings. The number of carbonyl (C=O) groups is 3. The van der Waals surface area contributed by atoms with Gasteiger partial charge in [-0.1, -0.05) is 23.5 Å². The maximum absolute atomic E-state index is 13.1. The third-order valence-electron chi connectivity index (χ3n) is 5.12. The molecule has 0 atom stereocenters. The summed E-state index contributed by atoms with van der Waals surface area (Å²) in [7, 11) is 0. The van der Waals surface area contributed by atoms with Crippen molar-refractivity contribution in [2.45, 2.75) is 33.2 Å². The van der Waals surface area contributed by atoms with Gasteiger partial charge >= 0.3 is 0 Å². The van der Waals surface area contributed by atoms with Gasteiger partial charge in [-0.05, 0) is 42.7 Å². The van der Waals surface area contributed by atoms with Crippen molar-refractivity contribution < 1.29 is 14.4 Å². The lowest BCUT2D eigenvalue weighted by molar-refractivity contribution is -0.141. The number of anilines is 1. The number of carbonyl (C=O) groups excluding carboxylic acids is 3. The smallest absolute Gasteiger partial charge is 0.249 e. The number of benzene rings is 1. The van der Waals surface area contributed by atoms with Crippen molar-refractivity contribution in [1.29, 1.82) is 0 Å². The summed E-state index contributed by atoms with van der Waals surface area (Å²) >= 11 is 1.42. The van der Waals surface area contributed by atoms with E-state index >= 15 is 0 Å². The fraction of sp³-hybridized carbons (Fsp3) is 0.286. The Morgan fingerprint density at radius 3 is 2.62 bits per heavy atom. The minimum absolute atomic E-state index is 0.161. The van der Waals surface area contributed by atoms with E-state index in [2.05, 4.69) is 4.98 Å². The Labute approximate surface area is 172 Å². The quantitative estimate of drug-likeness (QED) is 0.606. The zero-order valence-corrected chi connectivity index (χ0v) is 17.0. The molecule has 2 aromatic heterocycles. The molecule has 0 radical (unpaired) electrons. The van der Waals surface area contributed by atoms with E-state index in [1.807, 2.05) is 32.0 Å². The first-order valence-corrected chi connectivity index (χ1v) is 10.1. The minimum atomic E-state index is -0.342. The molecule has 0 bridgehead atoms. The molecule has 1 aliphatic heterocycles. The van der Waals surface area contributed by atoms with E-state index in [1.54, 1.807) is 18.5 Å². The molecule has 0 aliphatic carbocycles. The number of pyridine rings is 1. The minimum Gasteiger partial charge on any atom is -0.282 e. The van der Waals surface area contributed by atoms with Gasteiger partial charge < -0.3 is 0 Å². The molecule has 8 heteroatoms. The van der Waals surface area contributed by atoms with Crippen LogP contribution in [0, 0.1) is 13.8 Å². The number of amides is 3. The largest absolute Gasteiger partial charge is 0.282 e. The van der Waals surface area contributed by atoms with Crippen molar-refractivity contribution in [3.63, 3.8) is 0 Å². The predicted molar refractivity (Wildman–Crippen MR) is 110 cm³/mol. The third kappa shape index (κ3) is 3.75. The van der Waals surface area contributed by atoms with E-state index in [0.29, 0.717) is 5.13 Å². The summed E-state index contributed by atoms with van der Waals surface area (Å²) in [6, 6.07) is 7.72. The van der Waals surface area contributed by atoms with Crippen molar-refractivity contribution in [1.82, 2.24) is 14.9 Å². The van der Waals surface area contributed by atoms with Crippen LogP contribution in [-0.2, 0) is 20.9 Å². The zero-order valence-electron chi connectivity index (χ0n) is 16.2. The van der Waals surface area contributed by atoms with Gasteiger partial charge in [0.2, 0.25) is 17.7 Å². The molecule has 0 saturated carbocycles. The topological polar surface area (TPSA) is 83.5 Å². The van der Waals surface area contributed by atoms with E-state index in [4.69, 9.17) is 4.98 Å². The number of thiazole rings is 1. The predicted octanol–water partition coefficient (Wildman–Crippen LogP) is 2.99. The second-order valence-corrected chi connectivity index (χ2v) is 8.07. The Balaban J connectivity index is 1.70. The zero-order chi connectivity index (χ0) is 20.5. The number of hydrogen-bond acceptors (Lipinski definition) is 6. The molecule has 7 nitrogen and oxygen atoms in total. The number of imide groups is 1. The molecule has 1 fully saturated rings. The lowest BCUT2D eigenvalue weighted by atomic mass is 10.1. The molecule has 3 amide bonds. The molecule has 29 heavy (non-hydrogen) atoms. The maximum atomic E-state index is 13.1. The van der Waals surface area contributed by atoms with E-state index in [9.17, 15) is 14.4 Å². The van der Waals surface area contributed by atoms with Crippen LogP contribution in [-0.4, -0.2) is 39.1 Å². The second kappa shape index (κ2) is 7.71. The van der Waals surface area contributed by atoms with Gasteiger partial charge in [-0.15, -0.1) is 0 Å². The van der Waals surface area contributed by atoms with Gasteiger partial charge in [0.15, 0.2) is 5.13 Å². The lowest BCUT2D eigenvalue weighted by Crippen LogP contribution is -2.42. The van der Waals surface area contributed by atoms with Crippen molar-refractivity contribution in [2.24, 2.45) is 0 Å². The summed E-state index contributed by atoms with van der Waals surface area (Å²) in [5.41, 5.74) is 3.91. The van der Waals surface area contributed by atoms with Crippen molar-refractivity contribution in [3.8, 4) is 0 Å². The van der Waals surface area contributed by atoms with Gasteiger partial charge in [0.05, 0.1) is 16.8 Å². The first-order chi connectivity index (χ1) is 13.9. The highest BCUT2D eigenvalue weighted by Crippen LogP contribution is 2.33. The first-order valence-electron chi connectivity index (χ1n) is 9.33. The highest BCUT2D eigenvalue weighted by Gasteiger charge is 2.33. The number of aryl methyl sites for hydroxylation is 2. The molecule has 0 N–H and O–H groups in total. The highest BCUT2D eigenvalue weighted by atomic mass is 32.1. The Morgan fingerprint density at radius 1 is 1.17 bits per heavy atom. The summed E-state index contributed by atoms with van der Waals surface area (Å²) in [6.07, 6.45) is 3.68. The molecule has 4 rings (SSSR count). The van der Waals surface area contributed by atoms with Crippen molar-refractivity contribution in [2.75, 3.05) is 11.4 Å². The summed E-state index contributed by atoms with van der Waals surface area (Å²) in [6.45, 7) is 4.03. The summed E-state index contributed by atoms with van der Waals surface area (Å²) in [5, 5.41) is 0.543. The van der Waals surface area contributed by atoms with Crippen LogP contribution in [0.2, 0.25) is 0 Å². The average Bonchev–Trinajstić information content (AvgIpc) is 3.29. The average molecular weight is 408 g/mol. The molecule has 1 aliphatic rings. The fourth-order valence-corrected chi connectivity index (χ4v) is 4.33. The number of rotatable bonds is 5. The van der Waals surface area contributed by atoms with Crippen LogP contribution < -0.4 is 4.90 Å². The molecule has 148 valence electrons. The molecule has 3 heterocycles. The molecule has 0 spiro atoms. The van der Waals surface area contributed by atoms with Gasteiger partial charge in [0.1, 0.15) is 6.54 Å². The maximum Gasteiger partial charge on any atom is 0.249 e. The van der Waals surface area contributed by atoms with Crippen LogP contribution in [0.3, 0.4) is 0 Å². The van der Waals surface area contributed by atoms with Gasteiger partial charge in [0, 0.05) is 25.2 Å². The van der Waals surface area contributed by atoms with Crippen LogP contribution >= 0.6 is 11.3 Å². The van der Waals surface area contributed by atoms with Crippen molar-refractivity contribution >= 4 is 44.4 Å². The number of nitrogens with zero attached hydrogens (tertiary/aromatic N) is 4. The van der Waals surface area contributed by atoms with Crippen molar-refractivity contribution in [3.05, 3.63) is 53.3 Å². The van der Waals surface area contributed by atoms with Crippen LogP contribution in [0.4, 0.5) is 5.13 Å². The number of fused-ring (bicyclic) bond motifs is 1. The summed E-state index contributed by atoms with van der Waals surface area (Å²) in [4.78, 5) is 48.5. The van der Waals surface area contributed by atoms with E-state index in [0.717, 1.165) is 31.8 Å². The lowest BCUT2D eigenvalue weighted by Gasteiger charge is -2.22. The normalized spacial score (nSPS) is 14.1. The fourth-order valence-electron chi connectivity index (χ4n) is 3.29. The molecule has 1 saturated heterocycles. The van der Waals surface area contributed by atoms with Crippen LogP contribution in [0.25, 0.3) is 10.2 Å². The van der Waals surface area contributed by atoms with Crippen LogP contribution in [0.5, 0.6) is 0 Å². The first kappa shape index (κ1) is 19.2.